The Bertz CT molecular complexity index is 855. The zero-order valence-corrected chi connectivity index (χ0v) is 14.2. The molecule has 1 amide bonds. The molecule has 1 saturated heterocycles. The standard InChI is InChI=1S/C17H18F3N3O3/c1-10-3-5-12(6-4-10)23-15(24)7-13(21-23)16(25)22-8-14(17(18,19)20)26-9-11(22)2/h3-7,11,14,21H,8-9H2,1-2H3. The van der Waals surface area contributed by atoms with Gasteiger partial charge in [-0.15, -0.1) is 0 Å². The third kappa shape index (κ3) is 3.52. The number of nitrogens with one attached hydrogen (secondary N) is 1. The molecule has 9 heteroatoms. The van der Waals surface area contributed by atoms with E-state index in [9.17, 15) is 22.8 Å². The number of ether oxygens (including phenoxy) is 1. The predicted octanol–water partition coefficient (Wildman–Crippen LogP) is 2.27. The molecular weight excluding hydrogens is 351 g/mol. The van der Waals surface area contributed by atoms with Crippen LogP contribution in [0.3, 0.4) is 0 Å². The van der Waals surface area contributed by atoms with Gasteiger partial charge >= 0.3 is 6.18 Å². The maximum absolute atomic E-state index is 12.9. The Morgan fingerprint density at radius 1 is 1.27 bits per heavy atom. The molecule has 0 spiro atoms. The molecule has 3 rings (SSSR count). The minimum Gasteiger partial charge on any atom is -0.365 e. The molecule has 2 atom stereocenters. The van der Waals surface area contributed by atoms with E-state index in [0.717, 1.165) is 16.5 Å². The van der Waals surface area contributed by atoms with Crippen molar-refractivity contribution in [1.82, 2.24) is 14.7 Å². The lowest BCUT2D eigenvalue weighted by molar-refractivity contribution is -0.239. The molecule has 140 valence electrons. The molecule has 6 nitrogen and oxygen atoms in total. The number of aryl methyl sites for hydroxylation is 1. The number of H-pyrrole nitrogens is 1. The van der Waals surface area contributed by atoms with Crippen LogP contribution in [0.1, 0.15) is 23.0 Å². The molecule has 1 aromatic carbocycles. The van der Waals surface area contributed by atoms with Crippen molar-refractivity contribution in [1.29, 1.82) is 0 Å². The van der Waals surface area contributed by atoms with Crippen molar-refractivity contribution < 1.29 is 22.7 Å². The number of alkyl halides is 3. The summed E-state index contributed by atoms with van der Waals surface area (Å²) in [4.78, 5) is 25.9. The number of benzene rings is 1. The molecule has 1 aliphatic heterocycles. The van der Waals surface area contributed by atoms with Gasteiger partial charge in [-0.25, -0.2) is 4.68 Å². The Labute approximate surface area is 147 Å². The summed E-state index contributed by atoms with van der Waals surface area (Å²) in [7, 11) is 0. The molecule has 2 heterocycles. The smallest absolute Gasteiger partial charge is 0.365 e. The first kappa shape index (κ1) is 18.2. The second-order valence-corrected chi connectivity index (χ2v) is 6.35. The van der Waals surface area contributed by atoms with E-state index >= 15 is 0 Å². The van der Waals surface area contributed by atoms with E-state index in [-0.39, 0.29) is 12.3 Å². The number of nitrogens with zero attached hydrogens (tertiary/aromatic N) is 2. The van der Waals surface area contributed by atoms with Gasteiger partial charge in [0, 0.05) is 6.07 Å². The van der Waals surface area contributed by atoms with Crippen LogP contribution in [-0.2, 0) is 4.74 Å². The number of hydrogen-bond acceptors (Lipinski definition) is 3. The molecule has 26 heavy (non-hydrogen) atoms. The van der Waals surface area contributed by atoms with Crippen molar-refractivity contribution in [3.05, 3.63) is 51.9 Å². The minimum absolute atomic E-state index is 0.0646. The van der Waals surface area contributed by atoms with E-state index in [1.54, 1.807) is 19.1 Å². The van der Waals surface area contributed by atoms with E-state index in [2.05, 4.69) is 5.10 Å². The third-order valence-corrected chi connectivity index (χ3v) is 4.30. The predicted molar refractivity (Wildman–Crippen MR) is 87.4 cm³/mol. The number of carbonyl (C=O) groups is 1. The zero-order chi connectivity index (χ0) is 19.1. The summed E-state index contributed by atoms with van der Waals surface area (Å²) in [6.45, 7) is 2.66. The molecule has 0 aliphatic carbocycles. The molecule has 2 aromatic rings. The average molecular weight is 369 g/mol. The van der Waals surface area contributed by atoms with E-state index < -0.39 is 36.3 Å². The largest absolute Gasteiger partial charge is 0.416 e. The highest BCUT2D eigenvalue weighted by molar-refractivity contribution is 5.92. The van der Waals surface area contributed by atoms with Crippen molar-refractivity contribution in [3.63, 3.8) is 0 Å². The number of aromatic nitrogens is 2. The Morgan fingerprint density at radius 3 is 2.54 bits per heavy atom. The molecule has 1 fully saturated rings. The van der Waals surface area contributed by atoms with Gasteiger partial charge < -0.3 is 9.64 Å². The fourth-order valence-corrected chi connectivity index (χ4v) is 2.78. The quantitative estimate of drug-likeness (QED) is 0.883. The summed E-state index contributed by atoms with van der Waals surface area (Å²) >= 11 is 0. The van der Waals surface area contributed by atoms with E-state index in [1.807, 2.05) is 19.1 Å². The van der Waals surface area contributed by atoms with Gasteiger partial charge in [0.25, 0.3) is 11.5 Å². The highest BCUT2D eigenvalue weighted by atomic mass is 19.4. The summed E-state index contributed by atoms with van der Waals surface area (Å²) in [5.41, 5.74) is 1.00. The summed E-state index contributed by atoms with van der Waals surface area (Å²) in [5.74, 6) is -0.669. The molecule has 1 N–H and O–H groups in total. The second-order valence-electron chi connectivity index (χ2n) is 6.35. The highest BCUT2D eigenvalue weighted by Gasteiger charge is 2.46. The van der Waals surface area contributed by atoms with Crippen molar-refractivity contribution in [2.75, 3.05) is 13.2 Å². The summed E-state index contributed by atoms with van der Waals surface area (Å²) in [6, 6.07) is 7.58. The van der Waals surface area contributed by atoms with E-state index in [1.165, 1.54) is 4.68 Å². The number of morpholine rings is 1. The molecule has 1 aromatic heterocycles. The van der Waals surface area contributed by atoms with Gasteiger partial charge in [0.2, 0.25) is 0 Å². The van der Waals surface area contributed by atoms with E-state index in [0.29, 0.717) is 5.69 Å². The minimum atomic E-state index is -4.56. The van der Waals surface area contributed by atoms with Gasteiger partial charge in [0.1, 0.15) is 5.69 Å². The molecule has 0 radical (unpaired) electrons. The van der Waals surface area contributed by atoms with Gasteiger partial charge in [0.05, 0.1) is 24.9 Å². The third-order valence-electron chi connectivity index (χ3n) is 4.30. The lowest BCUT2D eigenvalue weighted by Gasteiger charge is -2.38. The van der Waals surface area contributed by atoms with Crippen LogP contribution in [0.2, 0.25) is 0 Å². The van der Waals surface area contributed by atoms with Crippen LogP contribution < -0.4 is 5.56 Å². The first-order valence-electron chi connectivity index (χ1n) is 8.05. The highest BCUT2D eigenvalue weighted by Crippen LogP contribution is 2.28. The van der Waals surface area contributed by atoms with Crippen molar-refractivity contribution >= 4 is 5.91 Å². The maximum Gasteiger partial charge on any atom is 0.416 e. The van der Waals surface area contributed by atoms with Gasteiger partial charge in [-0.2, -0.15) is 13.2 Å². The normalized spacial score (nSPS) is 21.0. The maximum atomic E-state index is 12.9. The first-order valence-corrected chi connectivity index (χ1v) is 8.05. The van der Waals surface area contributed by atoms with Gasteiger partial charge in [-0.3, -0.25) is 14.7 Å². The fraction of sp³-hybridized carbons (Fsp3) is 0.412. The number of aromatic amines is 1. The van der Waals surface area contributed by atoms with Crippen molar-refractivity contribution in [3.8, 4) is 5.69 Å². The molecule has 1 aliphatic rings. The van der Waals surface area contributed by atoms with Gasteiger partial charge in [-0.1, -0.05) is 17.7 Å². The molecular formula is C17H18F3N3O3. The Kier molecular flexibility index (Phi) is 4.66. The molecule has 2 unspecified atom stereocenters. The molecule has 0 bridgehead atoms. The Hall–Kier alpha value is -2.55. The number of halogens is 3. The van der Waals surface area contributed by atoms with Crippen LogP contribution in [0.4, 0.5) is 13.2 Å². The van der Waals surface area contributed by atoms with Crippen LogP contribution >= 0.6 is 0 Å². The van der Waals surface area contributed by atoms with Gasteiger partial charge in [0.15, 0.2) is 6.10 Å². The SMILES string of the molecule is Cc1ccc(-n2[nH]c(C(=O)N3CC(C(F)(F)F)OCC3C)cc2=O)cc1. The number of amides is 1. The lowest BCUT2D eigenvalue weighted by atomic mass is 10.1. The van der Waals surface area contributed by atoms with Crippen LogP contribution in [0, 0.1) is 6.92 Å². The fourth-order valence-electron chi connectivity index (χ4n) is 2.78. The number of carbonyl (C=O) groups excluding carboxylic acids is 1. The Balaban J connectivity index is 1.87. The van der Waals surface area contributed by atoms with Crippen LogP contribution in [-0.4, -0.2) is 52.1 Å². The summed E-state index contributed by atoms with van der Waals surface area (Å²) in [6.07, 6.45) is -6.59. The topological polar surface area (TPSA) is 67.3 Å². The monoisotopic (exact) mass is 369 g/mol. The van der Waals surface area contributed by atoms with Crippen LogP contribution in [0.25, 0.3) is 5.69 Å². The van der Waals surface area contributed by atoms with Crippen LogP contribution in [0.5, 0.6) is 0 Å². The summed E-state index contributed by atoms with van der Waals surface area (Å²) in [5, 5.41) is 2.68. The average Bonchev–Trinajstić information content (AvgIpc) is 2.96. The Morgan fingerprint density at radius 2 is 1.92 bits per heavy atom. The number of hydrogen-bond donors (Lipinski definition) is 1. The second kappa shape index (κ2) is 6.64. The number of rotatable bonds is 2. The van der Waals surface area contributed by atoms with Gasteiger partial charge in [-0.05, 0) is 26.0 Å². The van der Waals surface area contributed by atoms with E-state index in [4.69, 9.17) is 4.74 Å². The zero-order valence-electron chi connectivity index (χ0n) is 14.2. The first-order chi connectivity index (χ1) is 12.2. The summed E-state index contributed by atoms with van der Waals surface area (Å²) < 4.78 is 44.7. The van der Waals surface area contributed by atoms with Crippen molar-refractivity contribution in [2.24, 2.45) is 0 Å². The molecule has 0 saturated carbocycles. The van der Waals surface area contributed by atoms with Crippen LogP contribution in [0.15, 0.2) is 35.1 Å². The lowest BCUT2D eigenvalue weighted by Crippen LogP contribution is -2.55. The van der Waals surface area contributed by atoms with Crippen molar-refractivity contribution in [2.45, 2.75) is 32.2 Å².